The molecular weight excluding hydrogens is 278 g/mol. The van der Waals surface area contributed by atoms with Gasteiger partial charge in [-0.15, -0.1) is 6.58 Å². The van der Waals surface area contributed by atoms with E-state index in [1.165, 1.54) is 0 Å². The van der Waals surface area contributed by atoms with Crippen LogP contribution in [0.1, 0.15) is 40.5 Å². The van der Waals surface area contributed by atoms with Gasteiger partial charge in [-0.2, -0.15) is 0 Å². The van der Waals surface area contributed by atoms with E-state index in [0.717, 1.165) is 5.92 Å². The predicted octanol–water partition coefficient (Wildman–Crippen LogP) is 2.87. The lowest BCUT2D eigenvalue weighted by molar-refractivity contribution is -0.149. The summed E-state index contributed by atoms with van der Waals surface area (Å²) < 4.78 is 5.61. The van der Waals surface area contributed by atoms with E-state index in [1.807, 2.05) is 53.4 Å². The fourth-order valence-corrected chi connectivity index (χ4v) is 2.90. The van der Waals surface area contributed by atoms with E-state index >= 15 is 0 Å². The summed E-state index contributed by atoms with van der Waals surface area (Å²) >= 11 is 0. The molecule has 2 atom stereocenters. The van der Waals surface area contributed by atoms with Gasteiger partial charge >= 0.3 is 5.97 Å². The molecule has 0 aromatic rings. The average molecular weight is 302 g/mol. The minimum absolute atomic E-state index is 0.0896. The summed E-state index contributed by atoms with van der Waals surface area (Å²) in [5, 5.41) is 0. The first-order valence-electron chi connectivity index (χ1n) is 7.65. The molecule has 1 aliphatic carbocycles. The summed E-state index contributed by atoms with van der Waals surface area (Å²) in [7, 11) is 0. The lowest BCUT2D eigenvalue weighted by Gasteiger charge is -2.40. The standard InChI is InChI=1S/C18H24NO3/c1-6-12-18(7-2)16(21)22-14(13-10-8-9-11-13)19(18)15(20)17(3,4)5/h6,8-11,14H,1,7,12H2,2-5H3/t14-,18+/m0/s1. The number of ether oxygens (including phenoxy) is 1. The van der Waals surface area contributed by atoms with Crippen molar-refractivity contribution in [1.82, 2.24) is 4.90 Å². The van der Waals surface area contributed by atoms with Crippen molar-refractivity contribution in [3.8, 4) is 0 Å². The van der Waals surface area contributed by atoms with Crippen LogP contribution in [0.3, 0.4) is 0 Å². The molecule has 0 aromatic heterocycles. The Morgan fingerprint density at radius 1 is 1.41 bits per heavy atom. The molecule has 0 N–H and O–H groups in total. The number of rotatable bonds is 4. The summed E-state index contributed by atoms with van der Waals surface area (Å²) in [6.07, 6.45) is 9.42. The summed E-state index contributed by atoms with van der Waals surface area (Å²) in [4.78, 5) is 27.3. The molecule has 119 valence electrons. The van der Waals surface area contributed by atoms with Crippen molar-refractivity contribution in [1.29, 1.82) is 0 Å². The van der Waals surface area contributed by atoms with Crippen molar-refractivity contribution in [3.05, 3.63) is 44.3 Å². The molecule has 5 radical (unpaired) electrons. The predicted molar refractivity (Wildman–Crippen MR) is 84.5 cm³/mol. The van der Waals surface area contributed by atoms with Crippen molar-refractivity contribution in [3.63, 3.8) is 0 Å². The van der Waals surface area contributed by atoms with E-state index in [9.17, 15) is 9.59 Å². The Hall–Kier alpha value is -1.32. The van der Waals surface area contributed by atoms with Gasteiger partial charge in [0, 0.05) is 11.3 Å². The van der Waals surface area contributed by atoms with Crippen LogP contribution in [0.25, 0.3) is 0 Å². The molecule has 1 saturated heterocycles. The van der Waals surface area contributed by atoms with Gasteiger partial charge in [0.05, 0.1) is 0 Å². The van der Waals surface area contributed by atoms with Gasteiger partial charge < -0.3 is 4.74 Å². The third-order valence-corrected chi connectivity index (χ3v) is 4.20. The molecule has 22 heavy (non-hydrogen) atoms. The topological polar surface area (TPSA) is 46.6 Å². The third-order valence-electron chi connectivity index (χ3n) is 4.20. The lowest BCUT2D eigenvalue weighted by atomic mass is 9.85. The highest BCUT2D eigenvalue weighted by molar-refractivity contribution is 5.93. The second-order valence-corrected chi connectivity index (χ2v) is 6.78. The van der Waals surface area contributed by atoms with Crippen LogP contribution in [0, 0.1) is 37.0 Å². The Labute approximate surface area is 133 Å². The van der Waals surface area contributed by atoms with Crippen LogP contribution >= 0.6 is 0 Å². The van der Waals surface area contributed by atoms with Gasteiger partial charge in [-0.1, -0.05) is 33.8 Å². The maximum absolute atomic E-state index is 13.0. The second-order valence-electron chi connectivity index (χ2n) is 6.78. The van der Waals surface area contributed by atoms with Gasteiger partial charge in [0.15, 0.2) is 6.23 Å². The molecule has 0 unspecified atom stereocenters. The number of hydrogen-bond donors (Lipinski definition) is 0. The molecule has 4 nitrogen and oxygen atoms in total. The highest BCUT2D eigenvalue weighted by atomic mass is 16.6. The van der Waals surface area contributed by atoms with Gasteiger partial charge in [0.1, 0.15) is 5.54 Å². The Kier molecular flexibility index (Phi) is 4.69. The molecule has 1 amide bonds. The van der Waals surface area contributed by atoms with Crippen molar-refractivity contribution in [2.24, 2.45) is 5.41 Å². The molecule has 0 bridgehead atoms. The maximum atomic E-state index is 13.0. The summed E-state index contributed by atoms with van der Waals surface area (Å²) in [5.74, 6) is 0.386. The van der Waals surface area contributed by atoms with E-state index in [-0.39, 0.29) is 11.9 Å². The molecule has 0 aromatic carbocycles. The molecule has 0 spiro atoms. The fraction of sp³-hybridized carbons (Fsp3) is 0.500. The third kappa shape index (κ3) is 2.68. The first kappa shape index (κ1) is 17.0. The highest BCUT2D eigenvalue weighted by Gasteiger charge is 2.59. The first-order valence-corrected chi connectivity index (χ1v) is 7.65. The van der Waals surface area contributed by atoms with E-state index in [4.69, 9.17) is 4.74 Å². The van der Waals surface area contributed by atoms with Crippen LogP contribution in [0.2, 0.25) is 0 Å². The van der Waals surface area contributed by atoms with Crippen LogP contribution in [0.5, 0.6) is 0 Å². The normalized spacial score (nSPS) is 29.7. The molecule has 2 fully saturated rings. The van der Waals surface area contributed by atoms with Crippen molar-refractivity contribution in [2.75, 3.05) is 0 Å². The minimum atomic E-state index is -0.964. The van der Waals surface area contributed by atoms with E-state index in [1.54, 1.807) is 11.0 Å². The monoisotopic (exact) mass is 302 g/mol. The Morgan fingerprint density at radius 3 is 2.45 bits per heavy atom. The number of esters is 1. The van der Waals surface area contributed by atoms with E-state index in [2.05, 4.69) is 6.58 Å². The van der Waals surface area contributed by atoms with Gasteiger partial charge in [-0.3, -0.25) is 9.69 Å². The number of nitrogens with zero attached hydrogens (tertiary/aromatic N) is 1. The maximum Gasteiger partial charge on any atom is 0.334 e. The quantitative estimate of drug-likeness (QED) is 0.592. The smallest absolute Gasteiger partial charge is 0.334 e. The molecular formula is C18H24NO3. The zero-order valence-electron chi connectivity index (χ0n) is 13.8. The number of cyclic esters (lactones) is 1. The molecule has 2 rings (SSSR count). The van der Waals surface area contributed by atoms with Crippen molar-refractivity contribution in [2.45, 2.75) is 52.3 Å². The Balaban J connectivity index is 2.45. The highest BCUT2D eigenvalue weighted by Crippen LogP contribution is 2.44. The van der Waals surface area contributed by atoms with Crippen LogP contribution in [0.15, 0.2) is 12.7 Å². The van der Waals surface area contributed by atoms with Crippen LogP contribution in [-0.4, -0.2) is 28.5 Å². The summed E-state index contributed by atoms with van der Waals surface area (Å²) in [6.45, 7) is 11.2. The van der Waals surface area contributed by atoms with Crippen LogP contribution in [-0.2, 0) is 14.3 Å². The van der Waals surface area contributed by atoms with Crippen molar-refractivity contribution >= 4 is 11.9 Å². The van der Waals surface area contributed by atoms with E-state index in [0.29, 0.717) is 12.8 Å². The molecule has 4 heteroatoms. The number of amides is 1. The average Bonchev–Trinajstić information content (AvgIpc) is 3.05. The minimum Gasteiger partial charge on any atom is -0.439 e. The molecule has 2 aliphatic rings. The number of carbonyl (C=O) groups excluding carboxylic acids is 2. The van der Waals surface area contributed by atoms with Gasteiger partial charge in [-0.25, -0.2) is 4.79 Å². The van der Waals surface area contributed by atoms with Crippen LogP contribution < -0.4 is 0 Å². The zero-order valence-corrected chi connectivity index (χ0v) is 13.8. The largest absolute Gasteiger partial charge is 0.439 e. The van der Waals surface area contributed by atoms with Crippen LogP contribution in [0.4, 0.5) is 0 Å². The number of hydrogen-bond acceptors (Lipinski definition) is 3. The first-order chi connectivity index (χ1) is 10.3. The fourth-order valence-electron chi connectivity index (χ4n) is 2.90. The summed E-state index contributed by atoms with van der Waals surface area (Å²) in [6, 6.07) is 0. The summed E-state index contributed by atoms with van der Waals surface area (Å²) in [5.41, 5.74) is -1.56. The zero-order chi connectivity index (χ0) is 16.5. The SMILES string of the molecule is C=CC[C@]1(CC)C(=O)O[C@@H]([C]2[CH][CH][CH][CH]2)N1C(=O)C(C)(C)C. The lowest BCUT2D eigenvalue weighted by Crippen LogP contribution is -2.57. The van der Waals surface area contributed by atoms with E-state index < -0.39 is 17.2 Å². The van der Waals surface area contributed by atoms with Gasteiger partial charge in [0.25, 0.3) is 0 Å². The Morgan fingerprint density at radius 2 is 2.00 bits per heavy atom. The Bertz CT molecular complexity index is 459. The number of carbonyl (C=O) groups is 2. The van der Waals surface area contributed by atoms with Gasteiger partial charge in [-0.05, 0) is 38.5 Å². The van der Waals surface area contributed by atoms with Gasteiger partial charge in [0.2, 0.25) is 5.91 Å². The van der Waals surface area contributed by atoms with Crippen molar-refractivity contribution < 1.29 is 14.3 Å². The molecule has 1 saturated carbocycles. The molecule has 1 heterocycles. The molecule has 1 aliphatic heterocycles. The second kappa shape index (κ2) is 6.05.